The molecule has 1 aromatic rings. The van der Waals surface area contributed by atoms with Crippen LogP contribution in [0.1, 0.15) is 11.1 Å². The molecule has 5 heteroatoms. The number of azide groups is 1. The minimum atomic E-state index is -1.07. The largest absolute Gasteiger partial charge is 0.254 e. The fourth-order valence-electron chi connectivity index (χ4n) is 1.23. The predicted octanol–water partition coefficient (Wildman–Crippen LogP) is 2.72. The highest BCUT2D eigenvalue weighted by Crippen LogP contribution is 2.15. The highest BCUT2D eigenvalue weighted by molar-refractivity contribution is 7.85. The van der Waals surface area contributed by atoms with E-state index in [2.05, 4.69) is 10.0 Å². The summed E-state index contributed by atoms with van der Waals surface area (Å²) in [6.45, 7) is 4.17. The summed E-state index contributed by atoms with van der Waals surface area (Å²) < 4.78 is 11.8. The normalized spacial score (nSPS) is 11.9. The Kier molecular flexibility index (Phi) is 4.34. The molecule has 1 atom stereocenters. The van der Waals surface area contributed by atoms with Crippen molar-refractivity contribution >= 4 is 10.8 Å². The maximum atomic E-state index is 11.8. The van der Waals surface area contributed by atoms with Crippen LogP contribution < -0.4 is 0 Å². The molecule has 0 amide bonds. The van der Waals surface area contributed by atoms with Crippen molar-refractivity contribution < 1.29 is 4.21 Å². The highest BCUT2D eigenvalue weighted by Gasteiger charge is 2.06. The lowest BCUT2D eigenvalue weighted by Crippen LogP contribution is -2.03. The van der Waals surface area contributed by atoms with Crippen molar-refractivity contribution in [2.24, 2.45) is 5.11 Å². The first kappa shape index (κ1) is 11.8. The molecular formula is C10H13N3OS. The minimum Gasteiger partial charge on any atom is -0.254 e. The third-order valence-corrected chi connectivity index (χ3v) is 3.51. The Labute approximate surface area is 91.4 Å². The smallest absolute Gasteiger partial charge is 0.0533 e. The Balaban J connectivity index is 2.81. The Morgan fingerprint density at radius 2 is 2.20 bits per heavy atom. The average Bonchev–Trinajstić information content (AvgIpc) is 2.22. The fraction of sp³-hybridized carbons (Fsp3) is 0.400. The molecule has 0 bridgehead atoms. The number of aryl methyl sites for hydroxylation is 2. The minimum absolute atomic E-state index is 0.274. The van der Waals surface area contributed by atoms with Crippen LogP contribution in [0, 0.1) is 13.8 Å². The molecule has 0 aliphatic heterocycles. The van der Waals surface area contributed by atoms with Gasteiger partial charge in [-0.15, -0.1) is 0 Å². The molecule has 0 aliphatic carbocycles. The van der Waals surface area contributed by atoms with Crippen molar-refractivity contribution in [3.8, 4) is 0 Å². The monoisotopic (exact) mass is 223 g/mol. The molecule has 0 saturated heterocycles. The van der Waals surface area contributed by atoms with Gasteiger partial charge in [0.25, 0.3) is 0 Å². The Hall–Kier alpha value is -1.32. The van der Waals surface area contributed by atoms with Crippen LogP contribution in [0.15, 0.2) is 28.2 Å². The first-order valence-electron chi connectivity index (χ1n) is 4.61. The molecule has 0 fully saturated rings. The first-order chi connectivity index (χ1) is 7.15. The topological polar surface area (TPSA) is 65.8 Å². The van der Waals surface area contributed by atoms with Crippen LogP contribution in [-0.2, 0) is 10.8 Å². The van der Waals surface area contributed by atoms with E-state index < -0.39 is 10.8 Å². The standard InChI is InChI=1S/C10H13N3OS/c1-8-3-4-9(2)10(7-8)15(14)6-5-12-13-11/h3-4,7H,5-6H2,1-2H3. The predicted molar refractivity (Wildman–Crippen MR) is 61.2 cm³/mol. The maximum Gasteiger partial charge on any atom is 0.0533 e. The van der Waals surface area contributed by atoms with Gasteiger partial charge in [0.1, 0.15) is 0 Å². The summed E-state index contributed by atoms with van der Waals surface area (Å²) >= 11 is 0. The van der Waals surface area contributed by atoms with Crippen LogP contribution in [0.5, 0.6) is 0 Å². The van der Waals surface area contributed by atoms with E-state index in [4.69, 9.17) is 5.53 Å². The third-order valence-electron chi connectivity index (χ3n) is 2.03. The van der Waals surface area contributed by atoms with E-state index in [9.17, 15) is 4.21 Å². The van der Waals surface area contributed by atoms with Crippen LogP contribution in [0.4, 0.5) is 0 Å². The van der Waals surface area contributed by atoms with Gasteiger partial charge in [-0.2, -0.15) is 0 Å². The lowest BCUT2D eigenvalue weighted by atomic mass is 10.2. The van der Waals surface area contributed by atoms with Crippen molar-refractivity contribution in [3.05, 3.63) is 39.8 Å². The van der Waals surface area contributed by atoms with Crippen LogP contribution in [0.3, 0.4) is 0 Å². The number of hydrogen-bond acceptors (Lipinski definition) is 2. The lowest BCUT2D eigenvalue weighted by Gasteiger charge is -2.05. The van der Waals surface area contributed by atoms with Gasteiger partial charge in [0.05, 0.1) is 10.8 Å². The van der Waals surface area contributed by atoms with E-state index in [-0.39, 0.29) is 6.54 Å². The van der Waals surface area contributed by atoms with Crippen molar-refractivity contribution in [2.45, 2.75) is 18.7 Å². The van der Waals surface area contributed by atoms with E-state index in [1.54, 1.807) is 0 Å². The molecule has 0 aliphatic rings. The first-order valence-corrected chi connectivity index (χ1v) is 5.93. The Morgan fingerprint density at radius 1 is 1.47 bits per heavy atom. The molecule has 1 rings (SSSR count). The lowest BCUT2D eigenvalue weighted by molar-refractivity contribution is 0.682. The van der Waals surface area contributed by atoms with Gasteiger partial charge in [-0.1, -0.05) is 17.2 Å². The molecular weight excluding hydrogens is 210 g/mol. The van der Waals surface area contributed by atoms with Crippen LogP contribution in [0.2, 0.25) is 0 Å². The van der Waals surface area contributed by atoms with Crippen LogP contribution in [0.25, 0.3) is 10.4 Å². The van der Waals surface area contributed by atoms with E-state index in [1.807, 2.05) is 32.0 Å². The highest BCUT2D eigenvalue weighted by atomic mass is 32.2. The SMILES string of the molecule is Cc1ccc(C)c(S(=O)CCN=[N+]=[N-])c1. The van der Waals surface area contributed by atoms with Gasteiger partial charge in [-0.3, -0.25) is 4.21 Å². The quantitative estimate of drug-likeness (QED) is 0.439. The van der Waals surface area contributed by atoms with Gasteiger partial charge in [0, 0.05) is 22.1 Å². The van der Waals surface area contributed by atoms with Gasteiger partial charge in [0.15, 0.2) is 0 Å². The fourth-order valence-corrected chi connectivity index (χ4v) is 2.44. The maximum absolute atomic E-state index is 11.8. The Bertz CT molecular complexity index is 425. The third kappa shape index (κ3) is 3.38. The number of nitrogens with zero attached hydrogens (tertiary/aromatic N) is 3. The second-order valence-corrected chi connectivity index (χ2v) is 4.81. The summed E-state index contributed by atoms with van der Waals surface area (Å²) in [5.74, 6) is 0.383. The zero-order valence-electron chi connectivity index (χ0n) is 8.80. The van der Waals surface area contributed by atoms with Gasteiger partial charge in [-0.25, -0.2) is 0 Å². The van der Waals surface area contributed by atoms with Gasteiger partial charge < -0.3 is 0 Å². The molecule has 0 radical (unpaired) electrons. The molecule has 0 saturated carbocycles. The summed E-state index contributed by atoms with van der Waals surface area (Å²) in [4.78, 5) is 3.47. The summed E-state index contributed by atoms with van der Waals surface area (Å²) in [5, 5.41) is 3.38. The van der Waals surface area contributed by atoms with Crippen molar-refractivity contribution in [1.82, 2.24) is 0 Å². The van der Waals surface area contributed by atoms with Gasteiger partial charge in [0.2, 0.25) is 0 Å². The molecule has 1 unspecified atom stereocenters. The molecule has 0 N–H and O–H groups in total. The number of hydrogen-bond donors (Lipinski definition) is 0. The number of benzene rings is 1. The second-order valence-electron chi connectivity index (χ2n) is 3.27. The second kappa shape index (κ2) is 5.53. The molecule has 80 valence electrons. The van der Waals surface area contributed by atoms with Crippen molar-refractivity contribution in [2.75, 3.05) is 12.3 Å². The Morgan fingerprint density at radius 3 is 2.87 bits per heavy atom. The van der Waals surface area contributed by atoms with Crippen LogP contribution in [-0.4, -0.2) is 16.5 Å². The molecule has 0 aromatic heterocycles. The summed E-state index contributed by atoms with van der Waals surface area (Å²) in [7, 11) is -1.07. The molecule has 0 spiro atoms. The molecule has 4 nitrogen and oxygen atoms in total. The molecule has 1 aromatic carbocycles. The summed E-state index contributed by atoms with van der Waals surface area (Å²) in [5.41, 5.74) is 10.2. The summed E-state index contributed by atoms with van der Waals surface area (Å²) in [6, 6.07) is 5.86. The van der Waals surface area contributed by atoms with E-state index >= 15 is 0 Å². The summed E-state index contributed by atoms with van der Waals surface area (Å²) in [6.07, 6.45) is 0. The molecule has 15 heavy (non-hydrogen) atoms. The zero-order chi connectivity index (χ0) is 11.3. The van der Waals surface area contributed by atoms with E-state index in [0.717, 1.165) is 16.0 Å². The van der Waals surface area contributed by atoms with Crippen molar-refractivity contribution in [3.63, 3.8) is 0 Å². The number of rotatable bonds is 4. The van der Waals surface area contributed by atoms with Gasteiger partial charge >= 0.3 is 0 Å². The van der Waals surface area contributed by atoms with E-state index in [1.165, 1.54) is 0 Å². The van der Waals surface area contributed by atoms with Crippen LogP contribution >= 0.6 is 0 Å². The van der Waals surface area contributed by atoms with E-state index in [0.29, 0.717) is 5.75 Å². The van der Waals surface area contributed by atoms with Crippen molar-refractivity contribution in [1.29, 1.82) is 0 Å². The average molecular weight is 223 g/mol. The molecule has 0 heterocycles. The van der Waals surface area contributed by atoms with Gasteiger partial charge in [-0.05, 0) is 36.6 Å². The zero-order valence-corrected chi connectivity index (χ0v) is 9.62.